The van der Waals surface area contributed by atoms with Crippen LogP contribution in [0.5, 0.6) is 5.75 Å². The van der Waals surface area contributed by atoms with Crippen molar-refractivity contribution in [2.45, 2.75) is 45.4 Å². The van der Waals surface area contributed by atoms with E-state index in [0.717, 1.165) is 24.8 Å². The minimum Gasteiger partial charge on any atom is -0.495 e. The fourth-order valence-electron chi connectivity index (χ4n) is 2.74. The number of carbonyl (C=O) groups is 3. The number of imide groups is 1. The maximum Gasteiger partial charge on any atom is 0.229 e. The topological polar surface area (TPSA) is 75.7 Å². The average Bonchev–Trinajstić information content (AvgIpc) is 2.86. The van der Waals surface area contributed by atoms with Crippen LogP contribution in [-0.4, -0.2) is 36.3 Å². The Morgan fingerprint density at radius 2 is 1.88 bits per heavy atom. The number of hydrogen-bond acceptors (Lipinski definition) is 4. The zero-order valence-corrected chi connectivity index (χ0v) is 14.3. The molecule has 3 amide bonds. The lowest BCUT2D eigenvalue weighted by atomic mass is 10.1. The highest BCUT2D eigenvalue weighted by Crippen LogP contribution is 2.25. The number of methoxy groups -OCH3 is 1. The van der Waals surface area contributed by atoms with Crippen LogP contribution in [-0.2, 0) is 14.4 Å². The molecule has 24 heavy (non-hydrogen) atoms. The van der Waals surface area contributed by atoms with Gasteiger partial charge in [0.1, 0.15) is 5.75 Å². The zero-order valence-electron chi connectivity index (χ0n) is 14.3. The van der Waals surface area contributed by atoms with Crippen molar-refractivity contribution in [1.82, 2.24) is 4.90 Å². The van der Waals surface area contributed by atoms with Crippen LogP contribution >= 0.6 is 0 Å². The summed E-state index contributed by atoms with van der Waals surface area (Å²) in [5.41, 5.74) is 1.72. The summed E-state index contributed by atoms with van der Waals surface area (Å²) in [4.78, 5) is 36.3. The van der Waals surface area contributed by atoms with Gasteiger partial charge in [0, 0.05) is 25.8 Å². The zero-order chi connectivity index (χ0) is 17.5. The van der Waals surface area contributed by atoms with Gasteiger partial charge in [-0.2, -0.15) is 0 Å². The lowest BCUT2D eigenvalue weighted by Crippen LogP contribution is -2.29. The first-order chi connectivity index (χ1) is 11.5. The van der Waals surface area contributed by atoms with Crippen molar-refractivity contribution in [2.24, 2.45) is 0 Å². The van der Waals surface area contributed by atoms with Crippen LogP contribution in [0.15, 0.2) is 18.2 Å². The molecule has 1 heterocycles. The van der Waals surface area contributed by atoms with Crippen LogP contribution in [0.1, 0.15) is 44.1 Å². The maximum absolute atomic E-state index is 12.0. The molecular weight excluding hydrogens is 308 g/mol. The fraction of sp³-hybridized carbons (Fsp3) is 0.500. The second kappa shape index (κ2) is 8.47. The number of unbranched alkanes of at least 4 members (excludes halogenated alkanes) is 2. The van der Waals surface area contributed by atoms with E-state index in [1.807, 2.05) is 25.1 Å². The lowest BCUT2D eigenvalue weighted by Gasteiger charge is -2.13. The Balaban J connectivity index is 1.69. The second-order valence-electron chi connectivity index (χ2n) is 6.00. The van der Waals surface area contributed by atoms with Crippen molar-refractivity contribution in [2.75, 3.05) is 19.0 Å². The second-order valence-corrected chi connectivity index (χ2v) is 6.00. The minimum absolute atomic E-state index is 0.0628. The lowest BCUT2D eigenvalue weighted by molar-refractivity contribution is -0.138. The molecule has 0 aromatic heterocycles. The summed E-state index contributed by atoms with van der Waals surface area (Å²) in [6, 6.07) is 5.63. The number of aryl methyl sites for hydroxylation is 1. The number of hydrogen-bond donors (Lipinski definition) is 1. The molecule has 2 rings (SSSR count). The van der Waals surface area contributed by atoms with Gasteiger partial charge in [0.25, 0.3) is 0 Å². The van der Waals surface area contributed by atoms with E-state index in [9.17, 15) is 14.4 Å². The van der Waals surface area contributed by atoms with Crippen LogP contribution in [0.3, 0.4) is 0 Å². The van der Waals surface area contributed by atoms with Gasteiger partial charge >= 0.3 is 0 Å². The maximum atomic E-state index is 12.0. The predicted octanol–water partition coefficient (Wildman–Crippen LogP) is 2.65. The van der Waals surface area contributed by atoms with Crippen molar-refractivity contribution in [1.29, 1.82) is 0 Å². The largest absolute Gasteiger partial charge is 0.495 e. The van der Waals surface area contributed by atoms with Gasteiger partial charge in [-0.1, -0.05) is 12.5 Å². The van der Waals surface area contributed by atoms with E-state index < -0.39 is 0 Å². The number of likely N-dealkylation sites (tertiary alicyclic amines) is 1. The standard InChI is InChI=1S/C18H24N2O4/c1-13-7-8-15(24-2)14(12-13)19-16(21)6-4-3-5-11-20-17(22)9-10-18(20)23/h7-8,12H,3-6,9-11H2,1-2H3,(H,19,21). The van der Waals surface area contributed by atoms with Crippen LogP contribution in [0.25, 0.3) is 0 Å². The molecular formula is C18H24N2O4. The third-order valence-corrected chi connectivity index (χ3v) is 4.07. The SMILES string of the molecule is COc1ccc(C)cc1NC(=O)CCCCCN1C(=O)CCC1=O. The Labute approximate surface area is 142 Å². The molecule has 1 saturated heterocycles. The third kappa shape index (κ3) is 4.81. The molecule has 0 radical (unpaired) electrons. The van der Waals surface area contributed by atoms with Crippen LogP contribution < -0.4 is 10.1 Å². The van der Waals surface area contributed by atoms with Crippen molar-refractivity contribution in [3.05, 3.63) is 23.8 Å². The molecule has 0 saturated carbocycles. The Kier molecular flexibility index (Phi) is 6.35. The summed E-state index contributed by atoms with van der Waals surface area (Å²) in [5.74, 6) is 0.417. The molecule has 0 bridgehead atoms. The van der Waals surface area contributed by atoms with E-state index in [4.69, 9.17) is 4.74 Å². The molecule has 1 N–H and O–H groups in total. The molecule has 1 fully saturated rings. The van der Waals surface area contributed by atoms with Gasteiger partial charge in [0.2, 0.25) is 17.7 Å². The van der Waals surface area contributed by atoms with Gasteiger partial charge < -0.3 is 10.1 Å². The predicted molar refractivity (Wildman–Crippen MR) is 90.8 cm³/mol. The minimum atomic E-state index is -0.0794. The number of nitrogens with zero attached hydrogens (tertiary/aromatic N) is 1. The first-order valence-electron chi connectivity index (χ1n) is 8.29. The van der Waals surface area contributed by atoms with Crippen LogP contribution in [0.4, 0.5) is 5.69 Å². The third-order valence-electron chi connectivity index (χ3n) is 4.07. The number of anilines is 1. The highest BCUT2D eigenvalue weighted by molar-refractivity contribution is 6.01. The molecule has 1 aliphatic rings. The monoisotopic (exact) mass is 332 g/mol. The molecule has 1 aliphatic heterocycles. The molecule has 0 unspecified atom stereocenters. The van der Waals surface area contributed by atoms with E-state index in [-0.39, 0.29) is 17.7 Å². The molecule has 0 spiro atoms. The van der Waals surface area contributed by atoms with Crippen LogP contribution in [0.2, 0.25) is 0 Å². The molecule has 0 atom stereocenters. The van der Waals surface area contributed by atoms with E-state index in [1.165, 1.54) is 4.90 Å². The highest BCUT2D eigenvalue weighted by atomic mass is 16.5. The Hall–Kier alpha value is -2.37. The Morgan fingerprint density at radius 3 is 2.54 bits per heavy atom. The highest BCUT2D eigenvalue weighted by Gasteiger charge is 2.27. The first-order valence-corrected chi connectivity index (χ1v) is 8.29. The van der Waals surface area contributed by atoms with Gasteiger partial charge in [-0.15, -0.1) is 0 Å². The quantitative estimate of drug-likeness (QED) is 0.586. The fourth-order valence-corrected chi connectivity index (χ4v) is 2.74. The summed E-state index contributed by atoms with van der Waals surface area (Å²) in [6.07, 6.45) is 3.32. The number of rotatable bonds is 8. The smallest absolute Gasteiger partial charge is 0.229 e. The normalized spacial score (nSPS) is 14.2. The molecule has 1 aromatic rings. The molecule has 6 nitrogen and oxygen atoms in total. The first kappa shape index (κ1) is 18.0. The van der Waals surface area contributed by atoms with Crippen molar-refractivity contribution >= 4 is 23.4 Å². The Bertz CT molecular complexity index is 611. The van der Waals surface area contributed by atoms with Crippen molar-refractivity contribution in [3.8, 4) is 5.75 Å². The summed E-state index contributed by atoms with van der Waals surface area (Å²) in [6.45, 7) is 2.42. The van der Waals surface area contributed by atoms with Gasteiger partial charge in [-0.05, 0) is 37.5 Å². The van der Waals surface area contributed by atoms with Gasteiger partial charge in [-0.25, -0.2) is 0 Å². The number of ether oxygens (including phenoxy) is 1. The number of nitrogens with one attached hydrogen (secondary N) is 1. The molecule has 6 heteroatoms. The molecule has 0 aliphatic carbocycles. The number of amides is 3. The van der Waals surface area contributed by atoms with Crippen molar-refractivity contribution < 1.29 is 19.1 Å². The summed E-state index contributed by atoms with van der Waals surface area (Å²) in [5, 5.41) is 2.87. The van der Waals surface area contributed by atoms with Gasteiger partial charge in [0.15, 0.2) is 0 Å². The average molecular weight is 332 g/mol. The van der Waals surface area contributed by atoms with E-state index >= 15 is 0 Å². The summed E-state index contributed by atoms with van der Waals surface area (Å²) >= 11 is 0. The van der Waals surface area contributed by atoms with E-state index in [0.29, 0.717) is 37.2 Å². The molecule has 1 aromatic carbocycles. The number of benzene rings is 1. The molecule has 130 valence electrons. The summed E-state index contributed by atoms with van der Waals surface area (Å²) in [7, 11) is 1.57. The Morgan fingerprint density at radius 1 is 1.17 bits per heavy atom. The summed E-state index contributed by atoms with van der Waals surface area (Å²) < 4.78 is 5.24. The number of carbonyl (C=O) groups excluding carboxylic acids is 3. The van der Waals surface area contributed by atoms with Gasteiger partial charge in [-0.3, -0.25) is 19.3 Å². The van der Waals surface area contributed by atoms with E-state index in [1.54, 1.807) is 7.11 Å². The van der Waals surface area contributed by atoms with Crippen LogP contribution in [0, 0.1) is 6.92 Å². The van der Waals surface area contributed by atoms with Crippen molar-refractivity contribution in [3.63, 3.8) is 0 Å². The van der Waals surface area contributed by atoms with Gasteiger partial charge in [0.05, 0.1) is 12.8 Å². The van der Waals surface area contributed by atoms with E-state index in [2.05, 4.69) is 5.32 Å².